The van der Waals surface area contributed by atoms with Crippen LogP contribution in [0.4, 0.5) is 17.2 Å². The van der Waals surface area contributed by atoms with Crippen molar-refractivity contribution in [3.63, 3.8) is 0 Å². The number of nitrogens with zero attached hydrogens (tertiary/aromatic N) is 3. The van der Waals surface area contributed by atoms with Gasteiger partial charge in [0.15, 0.2) is 0 Å². The van der Waals surface area contributed by atoms with Gasteiger partial charge >= 0.3 is 0 Å². The SMILES string of the molecule is CNS(=O)(=O)c1ccc(N2CCN(c3cccc[nH+]3)CC2)c([N+](=O)[O-])c1. The predicted octanol–water partition coefficient (Wildman–Crippen LogP) is 0.644. The van der Waals surface area contributed by atoms with Gasteiger partial charge in [0.05, 0.1) is 29.1 Å². The van der Waals surface area contributed by atoms with E-state index in [-0.39, 0.29) is 10.6 Å². The Hall–Kier alpha value is -2.72. The van der Waals surface area contributed by atoms with Gasteiger partial charge in [-0.2, -0.15) is 0 Å². The van der Waals surface area contributed by atoms with Crippen molar-refractivity contribution in [2.75, 3.05) is 43.0 Å². The van der Waals surface area contributed by atoms with E-state index in [0.29, 0.717) is 31.9 Å². The second kappa shape index (κ2) is 7.26. The summed E-state index contributed by atoms with van der Waals surface area (Å²) < 4.78 is 26.0. The van der Waals surface area contributed by atoms with Crippen LogP contribution in [0.15, 0.2) is 47.5 Å². The Bertz CT molecular complexity index is 896. The Kier molecular flexibility index (Phi) is 5.05. The lowest BCUT2D eigenvalue weighted by Crippen LogP contribution is -2.48. The molecule has 0 saturated carbocycles. The van der Waals surface area contributed by atoms with Gasteiger partial charge < -0.3 is 4.90 Å². The summed E-state index contributed by atoms with van der Waals surface area (Å²) in [6, 6.07) is 9.85. The molecule has 0 radical (unpaired) electrons. The highest BCUT2D eigenvalue weighted by molar-refractivity contribution is 7.89. The van der Waals surface area contributed by atoms with Crippen LogP contribution >= 0.6 is 0 Å². The summed E-state index contributed by atoms with van der Waals surface area (Å²) in [6.07, 6.45) is 1.85. The first-order valence-electron chi connectivity index (χ1n) is 8.11. The number of nitro benzene ring substituents is 1. The zero-order chi connectivity index (χ0) is 18.7. The van der Waals surface area contributed by atoms with Gasteiger partial charge in [-0.1, -0.05) is 6.07 Å². The predicted molar refractivity (Wildman–Crippen MR) is 96.8 cm³/mol. The molecule has 0 bridgehead atoms. The van der Waals surface area contributed by atoms with Crippen LogP contribution in [-0.4, -0.2) is 46.6 Å². The summed E-state index contributed by atoms with van der Waals surface area (Å²) in [7, 11) is -2.46. The van der Waals surface area contributed by atoms with Gasteiger partial charge in [-0.25, -0.2) is 18.1 Å². The lowest BCUT2D eigenvalue weighted by molar-refractivity contribution is -0.384. The van der Waals surface area contributed by atoms with Crippen LogP contribution in [0.25, 0.3) is 0 Å². The Labute approximate surface area is 151 Å². The average molecular weight is 378 g/mol. The van der Waals surface area contributed by atoms with Crippen LogP contribution in [0.1, 0.15) is 0 Å². The molecule has 2 heterocycles. The summed E-state index contributed by atoms with van der Waals surface area (Å²) in [5.74, 6) is 0.997. The van der Waals surface area contributed by atoms with Crippen molar-refractivity contribution >= 4 is 27.2 Å². The number of hydrogen-bond acceptors (Lipinski definition) is 6. The summed E-state index contributed by atoms with van der Waals surface area (Å²) in [5.41, 5.74) is 0.225. The fraction of sp³-hybridized carbons (Fsp3) is 0.312. The van der Waals surface area contributed by atoms with E-state index in [1.54, 1.807) is 0 Å². The molecular weight excluding hydrogens is 358 g/mol. The molecule has 26 heavy (non-hydrogen) atoms. The summed E-state index contributed by atoms with van der Waals surface area (Å²) in [4.78, 5) is 18.1. The van der Waals surface area contributed by atoms with E-state index in [9.17, 15) is 18.5 Å². The second-order valence-corrected chi connectivity index (χ2v) is 7.72. The van der Waals surface area contributed by atoms with Crippen LogP contribution in [0, 0.1) is 10.1 Å². The van der Waals surface area contributed by atoms with Crippen LogP contribution in [-0.2, 0) is 10.0 Å². The third kappa shape index (κ3) is 3.60. The Balaban J connectivity index is 1.83. The topological polar surface area (TPSA) is 110 Å². The number of H-pyrrole nitrogens is 1. The molecule has 2 aromatic rings. The highest BCUT2D eigenvalue weighted by Gasteiger charge is 2.28. The van der Waals surface area contributed by atoms with Crippen molar-refractivity contribution in [1.82, 2.24) is 4.72 Å². The number of aromatic nitrogens is 1. The van der Waals surface area contributed by atoms with Crippen molar-refractivity contribution in [2.24, 2.45) is 0 Å². The maximum Gasteiger partial charge on any atom is 0.293 e. The maximum absolute atomic E-state index is 11.9. The van der Waals surface area contributed by atoms with Crippen LogP contribution in [0.3, 0.4) is 0 Å². The molecule has 1 aromatic heterocycles. The van der Waals surface area contributed by atoms with Gasteiger partial charge in [-0.15, -0.1) is 0 Å². The van der Waals surface area contributed by atoms with Gasteiger partial charge in [0.1, 0.15) is 18.8 Å². The largest absolute Gasteiger partial charge is 0.358 e. The number of piperazine rings is 1. The molecule has 9 nitrogen and oxygen atoms in total. The number of anilines is 2. The van der Waals surface area contributed by atoms with Gasteiger partial charge in [0.25, 0.3) is 11.5 Å². The first-order valence-corrected chi connectivity index (χ1v) is 9.59. The number of aromatic amines is 1. The third-order valence-corrected chi connectivity index (χ3v) is 5.79. The zero-order valence-electron chi connectivity index (χ0n) is 14.3. The van der Waals surface area contributed by atoms with Crippen LogP contribution in [0.2, 0.25) is 0 Å². The van der Waals surface area contributed by atoms with Crippen molar-refractivity contribution in [1.29, 1.82) is 0 Å². The van der Waals surface area contributed by atoms with Crippen molar-refractivity contribution in [2.45, 2.75) is 4.90 Å². The highest BCUT2D eigenvalue weighted by atomic mass is 32.2. The first kappa shape index (κ1) is 18.1. The minimum atomic E-state index is -3.73. The number of rotatable bonds is 5. The van der Waals surface area contributed by atoms with Gasteiger partial charge in [-0.05, 0) is 25.2 Å². The first-order chi connectivity index (χ1) is 12.4. The van der Waals surface area contributed by atoms with E-state index in [2.05, 4.69) is 14.6 Å². The molecule has 138 valence electrons. The van der Waals surface area contributed by atoms with E-state index in [4.69, 9.17) is 0 Å². The molecule has 0 spiro atoms. The summed E-state index contributed by atoms with van der Waals surface area (Å²) in [5, 5.41) is 11.5. The van der Waals surface area contributed by atoms with E-state index < -0.39 is 14.9 Å². The Morgan fingerprint density at radius 2 is 1.81 bits per heavy atom. The van der Waals surface area contributed by atoms with Gasteiger partial charge in [0, 0.05) is 12.1 Å². The lowest BCUT2D eigenvalue weighted by atomic mass is 10.2. The average Bonchev–Trinajstić information content (AvgIpc) is 2.68. The summed E-state index contributed by atoms with van der Waals surface area (Å²) in [6.45, 7) is 2.60. The number of sulfonamides is 1. The monoisotopic (exact) mass is 378 g/mol. The van der Waals surface area contributed by atoms with E-state index in [0.717, 1.165) is 11.9 Å². The second-order valence-electron chi connectivity index (χ2n) is 5.84. The fourth-order valence-corrected chi connectivity index (χ4v) is 3.72. The fourth-order valence-electron chi connectivity index (χ4n) is 2.97. The number of hydrogen-bond donors (Lipinski definition) is 1. The van der Waals surface area contributed by atoms with Gasteiger partial charge in [-0.3, -0.25) is 15.0 Å². The molecule has 0 aliphatic carbocycles. The van der Waals surface area contributed by atoms with Crippen molar-refractivity contribution < 1.29 is 18.3 Å². The smallest absolute Gasteiger partial charge is 0.293 e. The number of pyridine rings is 1. The minimum Gasteiger partial charge on any atom is -0.358 e. The Morgan fingerprint density at radius 3 is 2.38 bits per heavy atom. The van der Waals surface area contributed by atoms with E-state index in [1.165, 1.54) is 19.2 Å². The van der Waals surface area contributed by atoms with Gasteiger partial charge in [0.2, 0.25) is 10.0 Å². The molecule has 1 aromatic carbocycles. The van der Waals surface area contributed by atoms with Crippen LogP contribution in [0.5, 0.6) is 0 Å². The van der Waals surface area contributed by atoms with Crippen LogP contribution < -0.4 is 19.5 Å². The minimum absolute atomic E-state index is 0.118. The molecule has 0 atom stereocenters. The molecule has 3 rings (SSSR count). The highest BCUT2D eigenvalue weighted by Crippen LogP contribution is 2.31. The van der Waals surface area contributed by atoms with Crippen molar-refractivity contribution in [3.05, 3.63) is 52.7 Å². The molecule has 1 aliphatic rings. The molecule has 1 aliphatic heterocycles. The summed E-state index contributed by atoms with van der Waals surface area (Å²) >= 11 is 0. The molecular formula is C16H20N5O4S+. The standard InChI is InChI=1S/C16H19N5O4S/c1-17-26(24,25)13-5-6-14(15(12-13)21(22)23)19-8-10-20(11-9-19)16-4-2-3-7-18-16/h2-7,12,17H,8-11H2,1H3/p+1. The van der Waals surface area contributed by atoms with E-state index in [1.807, 2.05) is 29.3 Å². The molecule has 1 saturated heterocycles. The lowest BCUT2D eigenvalue weighted by Gasteiger charge is -2.32. The normalized spacial score (nSPS) is 15.1. The molecule has 10 heteroatoms. The number of nitrogens with one attached hydrogen (secondary N) is 2. The Morgan fingerprint density at radius 1 is 1.12 bits per heavy atom. The molecule has 1 fully saturated rings. The van der Waals surface area contributed by atoms with E-state index >= 15 is 0 Å². The van der Waals surface area contributed by atoms with Crippen molar-refractivity contribution in [3.8, 4) is 0 Å². The number of nitro groups is 1. The number of benzene rings is 1. The molecule has 2 N–H and O–H groups in total. The molecule has 0 amide bonds. The zero-order valence-corrected chi connectivity index (χ0v) is 15.1. The maximum atomic E-state index is 11.9. The quantitative estimate of drug-likeness (QED) is 0.604. The molecule has 0 unspecified atom stereocenters. The third-order valence-electron chi connectivity index (χ3n) is 4.38.